The summed E-state index contributed by atoms with van der Waals surface area (Å²) in [6.07, 6.45) is -2.50. The molecule has 2 aromatic carbocycles. The Hall–Kier alpha value is -3.29. The van der Waals surface area contributed by atoms with E-state index in [1.54, 1.807) is 0 Å². The lowest BCUT2D eigenvalue weighted by Gasteiger charge is -2.14. The van der Waals surface area contributed by atoms with E-state index in [1.807, 2.05) is 45.0 Å². The van der Waals surface area contributed by atoms with Crippen molar-refractivity contribution in [1.82, 2.24) is 15.1 Å². The lowest BCUT2D eigenvalue weighted by Crippen LogP contribution is -2.29. The first-order valence-electron chi connectivity index (χ1n) is 9.91. The third-order valence-corrected chi connectivity index (χ3v) is 4.68. The fraction of sp³-hybridized carbons (Fsp3) is 0.304. The topological polar surface area (TPSA) is 56.1 Å². The maximum Gasteiger partial charge on any atom is 0.416 e. The molecule has 0 aliphatic heterocycles. The summed E-state index contributed by atoms with van der Waals surface area (Å²) >= 11 is 0. The number of carbonyl (C=O) groups is 1. The van der Waals surface area contributed by atoms with Crippen molar-refractivity contribution < 1.29 is 22.7 Å². The molecule has 0 saturated heterocycles. The lowest BCUT2D eigenvalue weighted by molar-refractivity contribution is -0.137. The number of amides is 1. The molecule has 0 radical (unpaired) electrons. The second-order valence-corrected chi connectivity index (χ2v) is 7.51. The molecule has 31 heavy (non-hydrogen) atoms. The van der Waals surface area contributed by atoms with Crippen molar-refractivity contribution in [3.05, 3.63) is 77.1 Å². The minimum absolute atomic E-state index is 0.0214. The maximum absolute atomic E-state index is 13.0. The van der Waals surface area contributed by atoms with Crippen LogP contribution in [0, 0.1) is 6.92 Å². The number of aromatic nitrogens is 2. The van der Waals surface area contributed by atoms with Gasteiger partial charge in [-0.1, -0.05) is 35.9 Å². The highest BCUT2D eigenvalue weighted by atomic mass is 19.4. The monoisotopic (exact) mass is 431 g/mol. The van der Waals surface area contributed by atoms with Gasteiger partial charge < -0.3 is 10.1 Å². The average Bonchev–Trinajstić information content (AvgIpc) is 3.13. The van der Waals surface area contributed by atoms with Gasteiger partial charge >= 0.3 is 6.18 Å². The molecule has 5 nitrogen and oxygen atoms in total. The van der Waals surface area contributed by atoms with Gasteiger partial charge in [0.15, 0.2) is 11.4 Å². The van der Waals surface area contributed by atoms with Crippen LogP contribution in [-0.4, -0.2) is 22.2 Å². The Morgan fingerprint density at radius 3 is 2.52 bits per heavy atom. The lowest BCUT2D eigenvalue weighted by atomic mass is 10.1. The molecule has 0 atom stereocenters. The van der Waals surface area contributed by atoms with Crippen LogP contribution in [0.4, 0.5) is 13.2 Å². The minimum Gasteiger partial charge on any atom is -0.453 e. The second-order valence-electron chi connectivity index (χ2n) is 7.51. The van der Waals surface area contributed by atoms with E-state index in [1.165, 1.54) is 23.0 Å². The van der Waals surface area contributed by atoms with Gasteiger partial charge in [0.2, 0.25) is 0 Å². The number of hydrogen-bond donors (Lipinski definition) is 1. The molecule has 0 spiro atoms. The van der Waals surface area contributed by atoms with Crippen LogP contribution in [0.15, 0.2) is 54.7 Å². The van der Waals surface area contributed by atoms with Crippen molar-refractivity contribution in [3.8, 4) is 11.5 Å². The molecule has 1 amide bonds. The highest BCUT2D eigenvalue weighted by Crippen LogP contribution is 2.33. The molecule has 0 aliphatic rings. The molecule has 3 aromatic rings. The van der Waals surface area contributed by atoms with Crippen molar-refractivity contribution >= 4 is 5.91 Å². The first-order chi connectivity index (χ1) is 14.6. The van der Waals surface area contributed by atoms with E-state index in [2.05, 4.69) is 10.4 Å². The summed E-state index contributed by atoms with van der Waals surface area (Å²) in [4.78, 5) is 12.9. The van der Waals surface area contributed by atoms with E-state index in [0.717, 1.165) is 23.3 Å². The van der Waals surface area contributed by atoms with Crippen LogP contribution in [0.3, 0.4) is 0 Å². The number of carbonyl (C=O) groups excluding carboxylic acids is 1. The van der Waals surface area contributed by atoms with E-state index in [0.29, 0.717) is 13.0 Å². The zero-order valence-corrected chi connectivity index (χ0v) is 17.5. The van der Waals surface area contributed by atoms with Gasteiger partial charge in [-0.15, -0.1) is 0 Å². The summed E-state index contributed by atoms with van der Waals surface area (Å²) < 4.78 is 46.1. The smallest absolute Gasteiger partial charge is 0.416 e. The van der Waals surface area contributed by atoms with E-state index >= 15 is 0 Å². The largest absolute Gasteiger partial charge is 0.453 e. The third-order valence-electron chi connectivity index (χ3n) is 4.68. The van der Waals surface area contributed by atoms with Crippen LogP contribution in [0.2, 0.25) is 0 Å². The van der Waals surface area contributed by atoms with E-state index in [9.17, 15) is 18.0 Å². The van der Waals surface area contributed by atoms with Gasteiger partial charge in [0.1, 0.15) is 5.75 Å². The van der Waals surface area contributed by atoms with Crippen molar-refractivity contribution in [1.29, 1.82) is 0 Å². The van der Waals surface area contributed by atoms with Crippen molar-refractivity contribution in [3.63, 3.8) is 0 Å². The predicted molar refractivity (Wildman–Crippen MR) is 111 cm³/mol. The Morgan fingerprint density at radius 1 is 1.16 bits per heavy atom. The summed E-state index contributed by atoms with van der Waals surface area (Å²) in [5.41, 5.74) is 1.58. The Bertz CT molecular complexity index is 1040. The SMILES string of the molecule is Cc1ccc(CCNC(=O)c2c(Oc3cccc(C(F)(F)F)c3)cnn2C(C)C)cc1. The number of aryl methyl sites for hydroxylation is 1. The number of halogens is 3. The van der Waals surface area contributed by atoms with Crippen molar-refractivity contribution in [2.24, 2.45) is 0 Å². The third kappa shape index (κ3) is 5.65. The molecular formula is C23H24F3N3O2. The highest BCUT2D eigenvalue weighted by Gasteiger charge is 2.31. The molecule has 0 aliphatic carbocycles. The Kier molecular flexibility index (Phi) is 6.68. The number of hydrogen-bond acceptors (Lipinski definition) is 3. The zero-order valence-electron chi connectivity index (χ0n) is 17.5. The summed E-state index contributed by atoms with van der Waals surface area (Å²) in [5.74, 6) is -0.326. The summed E-state index contributed by atoms with van der Waals surface area (Å²) in [5, 5.41) is 7.03. The first-order valence-corrected chi connectivity index (χ1v) is 9.91. The number of rotatable bonds is 7. The fourth-order valence-electron chi connectivity index (χ4n) is 3.05. The van der Waals surface area contributed by atoms with Gasteiger partial charge in [-0.3, -0.25) is 9.48 Å². The van der Waals surface area contributed by atoms with E-state index in [4.69, 9.17) is 4.74 Å². The molecule has 164 valence electrons. The van der Waals surface area contributed by atoms with Crippen LogP contribution < -0.4 is 10.1 Å². The van der Waals surface area contributed by atoms with Gasteiger partial charge in [0.05, 0.1) is 11.8 Å². The number of nitrogens with zero attached hydrogens (tertiary/aromatic N) is 2. The van der Waals surface area contributed by atoms with Crippen LogP contribution in [0.25, 0.3) is 0 Å². The van der Waals surface area contributed by atoms with Gasteiger partial charge in [0.25, 0.3) is 5.91 Å². The Balaban J connectivity index is 1.77. The van der Waals surface area contributed by atoms with E-state index in [-0.39, 0.29) is 23.2 Å². The summed E-state index contributed by atoms with van der Waals surface area (Å²) in [6.45, 7) is 6.10. The van der Waals surface area contributed by atoms with Crippen LogP contribution in [0.5, 0.6) is 11.5 Å². The number of benzene rings is 2. The van der Waals surface area contributed by atoms with Gasteiger partial charge in [-0.25, -0.2) is 0 Å². The number of nitrogens with one attached hydrogen (secondary N) is 1. The second kappa shape index (κ2) is 9.24. The molecule has 1 heterocycles. The number of ether oxygens (including phenoxy) is 1. The van der Waals surface area contributed by atoms with Gasteiger partial charge in [-0.05, 0) is 51.0 Å². The predicted octanol–water partition coefficient (Wildman–Crippen LogP) is 5.56. The molecule has 3 rings (SSSR count). The van der Waals surface area contributed by atoms with Gasteiger partial charge in [-0.2, -0.15) is 18.3 Å². The average molecular weight is 431 g/mol. The normalized spacial score (nSPS) is 11.6. The highest BCUT2D eigenvalue weighted by molar-refractivity contribution is 5.95. The first kappa shape index (κ1) is 22.4. The summed E-state index contributed by atoms with van der Waals surface area (Å²) in [6, 6.07) is 12.4. The fourth-order valence-corrected chi connectivity index (χ4v) is 3.05. The quantitative estimate of drug-likeness (QED) is 0.533. The Morgan fingerprint density at radius 2 is 1.87 bits per heavy atom. The molecule has 0 bridgehead atoms. The molecular weight excluding hydrogens is 407 g/mol. The molecule has 1 N–H and O–H groups in total. The summed E-state index contributed by atoms with van der Waals surface area (Å²) in [7, 11) is 0. The van der Waals surface area contributed by atoms with Crippen molar-refractivity contribution in [2.75, 3.05) is 6.54 Å². The molecule has 8 heteroatoms. The Labute approximate surface area is 178 Å². The standard InChI is InChI=1S/C23H24F3N3O2/c1-15(2)29-21(22(30)27-12-11-17-9-7-16(3)8-10-17)20(14-28-29)31-19-6-4-5-18(13-19)23(24,25)26/h4-10,13-15H,11-12H2,1-3H3,(H,27,30). The van der Waals surface area contributed by atoms with Crippen molar-refractivity contribution in [2.45, 2.75) is 39.4 Å². The number of alkyl halides is 3. The minimum atomic E-state index is -4.49. The zero-order chi connectivity index (χ0) is 22.6. The van der Waals surface area contributed by atoms with Crippen LogP contribution >= 0.6 is 0 Å². The molecule has 0 saturated carbocycles. The van der Waals surface area contributed by atoms with Gasteiger partial charge in [0, 0.05) is 12.6 Å². The molecule has 0 unspecified atom stereocenters. The van der Waals surface area contributed by atoms with Crippen LogP contribution in [-0.2, 0) is 12.6 Å². The molecule has 1 aromatic heterocycles. The maximum atomic E-state index is 13.0. The van der Waals surface area contributed by atoms with Crippen LogP contribution in [0.1, 0.15) is 47.1 Å². The molecule has 0 fully saturated rings. The van der Waals surface area contributed by atoms with E-state index < -0.39 is 17.6 Å².